The molecule has 3 N–H and O–H groups in total. The van der Waals surface area contributed by atoms with Gasteiger partial charge in [0.05, 0.1) is 0 Å². The molecular formula is C17H23FN2O4. The molecule has 7 heteroatoms. The first kappa shape index (κ1) is 18.2. The Bertz CT molecular complexity index is 556. The molecule has 0 unspecified atom stereocenters. The largest absolute Gasteiger partial charge is 0.481 e. The lowest BCUT2D eigenvalue weighted by atomic mass is 9.74. The van der Waals surface area contributed by atoms with E-state index in [0.29, 0.717) is 32.7 Å². The zero-order chi connectivity index (χ0) is 17.4. The third-order valence-corrected chi connectivity index (χ3v) is 4.35. The number of urea groups is 1. The van der Waals surface area contributed by atoms with E-state index in [1.807, 2.05) is 0 Å². The molecule has 2 rings (SSSR count). The second-order valence-electron chi connectivity index (χ2n) is 6.01. The monoisotopic (exact) mass is 338 g/mol. The summed E-state index contributed by atoms with van der Waals surface area (Å²) < 4.78 is 18.6. The number of carboxylic acids is 1. The summed E-state index contributed by atoms with van der Waals surface area (Å²) in [5.74, 6) is -1.17. The fraction of sp³-hybridized carbons (Fsp3) is 0.529. The van der Waals surface area contributed by atoms with Gasteiger partial charge in [0.15, 0.2) is 0 Å². The summed E-state index contributed by atoms with van der Waals surface area (Å²) in [6.07, 6.45) is 1.91. The van der Waals surface area contributed by atoms with Crippen LogP contribution < -0.4 is 10.6 Å². The predicted octanol–water partition coefficient (Wildman–Crippen LogP) is 2.04. The van der Waals surface area contributed by atoms with Gasteiger partial charge in [-0.05, 0) is 37.0 Å². The normalized spacial score (nSPS) is 16.4. The number of carbonyl (C=O) groups is 2. The van der Waals surface area contributed by atoms with E-state index < -0.39 is 5.97 Å². The Balaban J connectivity index is 1.91. The number of halogens is 1. The molecule has 0 atom stereocenters. The summed E-state index contributed by atoms with van der Waals surface area (Å²) in [7, 11) is 0. The van der Waals surface area contributed by atoms with E-state index in [2.05, 4.69) is 10.6 Å². The van der Waals surface area contributed by atoms with E-state index in [4.69, 9.17) is 9.84 Å². The van der Waals surface area contributed by atoms with Gasteiger partial charge in [-0.3, -0.25) is 4.79 Å². The first-order valence-corrected chi connectivity index (χ1v) is 8.09. The van der Waals surface area contributed by atoms with Gasteiger partial charge in [0.1, 0.15) is 5.82 Å². The summed E-state index contributed by atoms with van der Waals surface area (Å²) in [5.41, 5.74) is 0.711. The molecule has 6 nitrogen and oxygen atoms in total. The van der Waals surface area contributed by atoms with Gasteiger partial charge < -0.3 is 20.5 Å². The maximum absolute atomic E-state index is 13.2. The van der Waals surface area contributed by atoms with Crippen LogP contribution in [0.1, 0.15) is 31.2 Å². The summed E-state index contributed by atoms with van der Waals surface area (Å²) in [6.45, 7) is 1.93. The van der Waals surface area contributed by atoms with E-state index in [0.717, 1.165) is 18.4 Å². The van der Waals surface area contributed by atoms with Crippen LogP contribution in [0.3, 0.4) is 0 Å². The quantitative estimate of drug-likeness (QED) is 0.664. The summed E-state index contributed by atoms with van der Waals surface area (Å²) in [6, 6.07) is 6.05. The maximum Gasteiger partial charge on any atom is 0.314 e. The minimum absolute atomic E-state index is 0.0249. The van der Waals surface area contributed by atoms with E-state index in [1.165, 1.54) is 12.1 Å². The molecule has 2 amide bonds. The van der Waals surface area contributed by atoms with Crippen LogP contribution in [0, 0.1) is 5.82 Å². The molecule has 0 saturated carbocycles. The van der Waals surface area contributed by atoms with E-state index in [9.17, 15) is 14.0 Å². The van der Waals surface area contributed by atoms with Gasteiger partial charge in [-0.2, -0.15) is 0 Å². The van der Waals surface area contributed by atoms with Crippen LogP contribution in [-0.4, -0.2) is 43.4 Å². The second kappa shape index (κ2) is 8.63. The van der Waals surface area contributed by atoms with Gasteiger partial charge in [0, 0.05) is 38.1 Å². The molecule has 0 aliphatic carbocycles. The predicted molar refractivity (Wildman–Crippen MR) is 86.4 cm³/mol. The van der Waals surface area contributed by atoms with Crippen LogP contribution in [-0.2, 0) is 14.9 Å². The van der Waals surface area contributed by atoms with Crippen LogP contribution in [0.25, 0.3) is 0 Å². The van der Waals surface area contributed by atoms with Crippen molar-refractivity contribution in [1.82, 2.24) is 10.6 Å². The van der Waals surface area contributed by atoms with Crippen molar-refractivity contribution in [2.24, 2.45) is 0 Å². The van der Waals surface area contributed by atoms with Crippen molar-refractivity contribution in [2.75, 3.05) is 26.3 Å². The number of hydrogen-bond acceptors (Lipinski definition) is 3. The second-order valence-corrected chi connectivity index (χ2v) is 6.01. The number of ether oxygens (including phenoxy) is 1. The zero-order valence-corrected chi connectivity index (χ0v) is 13.5. The smallest absolute Gasteiger partial charge is 0.314 e. The van der Waals surface area contributed by atoms with Crippen LogP contribution >= 0.6 is 0 Å². The first-order chi connectivity index (χ1) is 11.5. The highest BCUT2D eigenvalue weighted by Crippen LogP contribution is 2.34. The number of rotatable bonds is 7. The van der Waals surface area contributed by atoms with Gasteiger partial charge in [-0.15, -0.1) is 0 Å². The fourth-order valence-electron chi connectivity index (χ4n) is 2.89. The standard InChI is InChI=1S/C17H23FN2O4/c18-14-5-3-13(4-6-14)17(7-10-24-11-8-17)12-20-16(23)19-9-1-2-15(21)22/h3-6H,1-2,7-12H2,(H,21,22)(H2,19,20,23). The van der Waals surface area contributed by atoms with Crippen molar-refractivity contribution in [1.29, 1.82) is 0 Å². The average molecular weight is 338 g/mol. The molecule has 1 heterocycles. The van der Waals surface area contributed by atoms with Crippen LogP contribution in [0.15, 0.2) is 24.3 Å². The number of carboxylic acid groups (broad SMARTS) is 1. The maximum atomic E-state index is 13.2. The molecule has 132 valence electrons. The third-order valence-electron chi connectivity index (χ3n) is 4.35. The number of benzene rings is 1. The Labute approximate surface area is 140 Å². The van der Waals surface area contributed by atoms with Gasteiger partial charge in [0.2, 0.25) is 0 Å². The number of aliphatic carboxylic acids is 1. The molecule has 24 heavy (non-hydrogen) atoms. The van der Waals surface area contributed by atoms with Gasteiger partial charge in [0.25, 0.3) is 0 Å². The molecule has 1 aliphatic heterocycles. The van der Waals surface area contributed by atoms with Crippen LogP contribution in [0.2, 0.25) is 0 Å². The average Bonchev–Trinajstić information content (AvgIpc) is 2.58. The Hall–Kier alpha value is -2.15. The molecular weight excluding hydrogens is 315 g/mol. The molecule has 1 aliphatic rings. The lowest BCUT2D eigenvalue weighted by molar-refractivity contribution is -0.137. The lowest BCUT2D eigenvalue weighted by Gasteiger charge is -2.38. The highest BCUT2D eigenvalue weighted by atomic mass is 19.1. The minimum Gasteiger partial charge on any atom is -0.481 e. The SMILES string of the molecule is O=C(O)CCCNC(=O)NCC1(c2ccc(F)cc2)CCOCC1. The van der Waals surface area contributed by atoms with Crippen LogP contribution in [0.5, 0.6) is 0 Å². The number of nitrogens with one attached hydrogen (secondary N) is 2. The third kappa shape index (κ3) is 5.19. The highest BCUT2D eigenvalue weighted by molar-refractivity contribution is 5.74. The summed E-state index contributed by atoms with van der Waals surface area (Å²) in [4.78, 5) is 22.3. The molecule has 1 aromatic rings. The van der Waals surface area contributed by atoms with Crippen molar-refractivity contribution in [3.63, 3.8) is 0 Å². The van der Waals surface area contributed by atoms with Gasteiger partial charge >= 0.3 is 12.0 Å². The summed E-state index contributed by atoms with van der Waals surface area (Å²) >= 11 is 0. The molecule has 0 radical (unpaired) electrons. The fourth-order valence-corrected chi connectivity index (χ4v) is 2.89. The molecule has 1 fully saturated rings. The number of amides is 2. The Morgan fingerprint density at radius 3 is 2.46 bits per heavy atom. The van der Waals surface area contributed by atoms with E-state index in [-0.39, 0.29) is 23.7 Å². The Morgan fingerprint density at radius 1 is 1.17 bits per heavy atom. The van der Waals surface area contributed by atoms with Crippen molar-refractivity contribution in [2.45, 2.75) is 31.1 Å². The molecule has 1 aromatic carbocycles. The minimum atomic E-state index is -0.880. The van der Waals surface area contributed by atoms with E-state index >= 15 is 0 Å². The number of carbonyl (C=O) groups excluding carboxylic acids is 1. The zero-order valence-electron chi connectivity index (χ0n) is 13.5. The Morgan fingerprint density at radius 2 is 1.83 bits per heavy atom. The lowest BCUT2D eigenvalue weighted by Crippen LogP contribution is -2.47. The van der Waals surface area contributed by atoms with Crippen LogP contribution in [0.4, 0.5) is 9.18 Å². The van der Waals surface area contributed by atoms with Gasteiger partial charge in [-0.25, -0.2) is 9.18 Å². The molecule has 0 bridgehead atoms. The molecule has 1 saturated heterocycles. The first-order valence-electron chi connectivity index (χ1n) is 8.09. The summed E-state index contributed by atoms with van der Waals surface area (Å²) in [5, 5.41) is 14.1. The molecule has 0 spiro atoms. The van der Waals surface area contributed by atoms with Gasteiger partial charge in [-0.1, -0.05) is 12.1 Å². The highest BCUT2D eigenvalue weighted by Gasteiger charge is 2.34. The van der Waals surface area contributed by atoms with Crippen molar-refractivity contribution in [3.05, 3.63) is 35.6 Å². The number of hydrogen-bond donors (Lipinski definition) is 3. The Kier molecular flexibility index (Phi) is 6.54. The van der Waals surface area contributed by atoms with Crippen molar-refractivity contribution >= 4 is 12.0 Å². The molecule has 0 aromatic heterocycles. The topological polar surface area (TPSA) is 87.7 Å². The van der Waals surface area contributed by atoms with E-state index in [1.54, 1.807) is 12.1 Å². The van der Waals surface area contributed by atoms with Crippen molar-refractivity contribution in [3.8, 4) is 0 Å². The van der Waals surface area contributed by atoms with Crippen molar-refractivity contribution < 1.29 is 23.8 Å².